The van der Waals surface area contributed by atoms with Gasteiger partial charge >= 0.3 is 0 Å². The molecule has 0 bridgehead atoms. The van der Waals surface area contributed by atoms with Gasteiger partial charge < -0.3 is 14.6 Å². The van der Waals surface area contributed by atoms with Crippen LogP contribution in [-0.4, -0.2) is 40.2 Å². The summed E-state index contributed by atoms with van der Waals surface area (Å²) in [7, 11) is 0. The number of amides is 1. The molecule has 1 saturated heterocycles. The van der Waals surface area contributed by atoms with Crippen molar-refractivity contribution in [3.05, 3.63) is 54.4 Å². The SMILES string of the molecule is O=C(c1ccc(-n2cccc2)cc1)N1CCC(CCO)C1. The van der Waals surface area contributed by atoms with Crippen LogP contribution in [-0.2, 0) is 0 Å². The number of hydrogen-bond acceptors (Lipinski definition) is 2. The van der Waals surface area contributed by atoms with Gasteiger partial charge in [-0.25, -0.2) is 0 Å². The number of hydrogen-bond donors (Lipinski definition) is 1. The van der Waals surface area contributed by atoms with Gasteiger partial charge in [0.1, 0.15) is 0 Å². The predicted octanol–water partition coefficient (Wildman–Crippen LogP) is 2.32. The van der Waals surface area contributed by atoms with Crippen molar-refractivity contribution in [2.24, 2.45) is 5.92 Å². The number of aliphatic hydroxyl groups is 1. The van der Waals surface area contributed by atoms with Crippen molar-refractivity contribution < 1.29 is 9.90 Å². The molecule has 1 aromatic carbocycles. The third-order valence-corrected chi connectivity index (χ3v) is 4.13. The van der Waals surface area contributed by atoms with E-state index in [0.717, 1.165) is 37.2 Å². The van der Waals surface area contributed by atoms with Crippen molar-refractivity contribution in [2.75, 3.05) is 19.7 Å². The lowest BCUT2D eigenvalue weighted by atomic mass is 10.1. The Morgan fingerprint density at radius 2 is 1.90 bits per heavy atom. The van der Waals surface area contributed by atoms with Crippen LogP contribution in [0.3, 0.4) is 0 Å². The van der Waals surface area contributed by atoms with Gasteiger partial charge in [-0.3, -0.25) is 4.79 Å². The molecule has 4 nitrogen and oxygen atoms in total. The molecule has 1 N–H and O–H groups in total. The van der Waals surface area contributed by atoms with Crippen LogP contribution in [0.4, 0.5) is 0 Å². The molecule has 2 aromatic rings. The highest BCUT2D eigenvalue weighted by Gasteiger charge is 2.26. The Kier molecular flexibility index (Phi) is 4.06. The fraction of sp³-hybridized carbons (Fsp3) is 0.353. The van der Waals surface area contributed by atoms with Gasteiger partial charge in [0.25, 0.3) is 5.91 Å². The van der Waals surface area contributed by atoms with Gasteiger partial charge in [-0.2, -0.15) is 0 Å². The summed E-state index contributed by atoms with van der Waals surface area (Å²) < 4.78 is 2.02. The number of carbonyl (C=O) groups excluding carboxylic acids is 1. The number of likely N-dealkylation sites (tertiary alicyclic amines) is 1. The van der Waals surface area contributed by atoms with E-state index in [1.54, 1.807) is 0 Å². The van der Waals surface area contributed by atoms with E-state index in [-0.39, 0.29) is 12.5 Å². The van der Waals surface area contributed by atoms with Crippen LogP contribution < -0.4 is 0 Å². The van der Waals surface area contributed by atoms with Crippen LogP contribution in [0.1, 0.15) is 23.2 Å². The normalized spacial score (nSPS) is 18.1. The van der Waals surface area contributed by atoms with Crippen molar-refractivity contribution >= 4 is 5.91 Å². The molecule has 0 radical (unpaired) electrons. The summed E-state index contributed by atoms with van der Waals surface area (Å²) in [5.41, 5.74) is 1.78. The van der Waals surface area contributed by atoms with Crippen LogP contribution in [0.5, 0.6) is 0 Å². The topological polar surface area (TPSA) is 45.5 Å². The molecule has 0 spiro atoms. The summed E-state index contributed by atoms with van der Waals surface area (Å²) in [5, 5.41) is 8.98. The van der Waals surface area contributed by atoms with E-state index in [1.165, 1.54) is 0 Å². The van der Waals surface area contributed by atoms with Crippen molar-refractivity contribution in [2.45, 2.75) is 12.8 Å². The molecule has 2 heterocycles. The monoisotopic (exact) mass is 284 g/mol. The number of benzene rings is 1. The first-order chi connectivity index (χ1) is 10.3. The fourth-order valence-corrected chi connectivity index (χ4v) is 2.90. The molecular formula is C17H20N2O2. The third kappa shape index (κ3) is 3.00. The molecular weight excluding hydrogens is 264 g/mol. The Morgan fingerprint density at radius 1 is 1.19 bits per heavy atom. The molecule has 1 amide bonds. The second kappa shape index (κ2) is 6.14. The number of carbonyl (C=O) groups is 1. The number of rotatable bonds is 4. The van der Waals surface area contributed by atoms with Crippen molar-refractivity contribution in [1.82, 2.24) is 9.47 Å². The van der Waals surface area contributed by atoms with Crippen LogP contribution in [0.15, 0.2) is 48.8 Å². The van der Waals surface area contributed by atoms with Gasteiger partial charge in [0.05, 0.1) is 0 Å². The van der Waals surface area contributed by atoms with E-state index >= 15 is 0 Å². The lowest BCUT2D eigenvalue weighted by molar-refractivity contribution is 0.0785. The first-order valence-corrected chi connectivity index (χ1v) is 7.41. The van der Waals surface area contributed by atoms with Crippen LogP contribution in [0.25, 0.3) is 5.69 Å². The quantitative estimate of drug-likeness (QED) is 0.936. The van der Waals surface area contributed by atoms with E-state index in [2.05, 4.69) is 0 Å². The van der Waals surface area contributed by atoms with Crippen LogP contribution >= 0.6 is 0 Å². The molecule has 1 aliphatic rings. The van der Waals surface area contributed by atoms with Crippen molar-refractivity contribution in [3.63, 3.8) is 0 Å². The molecule has 3 rings (SSSR count). The molecule has 1 aliphatic heterocycles. The van der Waals surface area contributed by atoms with Gasteiger partial charge in [-0.1, -0.05) is 0 Å². The molecule has 0 saturated carbocycles. The number of aromatic nitrogens is 1. The van der Waals surface area contributed by atoms with Crippen LogP contribution in [0, 0.1) is 5.92 Å². The fourth-order valence-electron chi connectivity index (χ4n) is 2.90. The molecule has 0 aliphatic carbocycles. The maximum Gasteiger partial charge on any atom is 0.253 e. The average molecular weight is 284 g/mol. The Morgan fingerprint density at radius 3 is 2.57 bits per heavy atom. The predicted molar refractivity (Wildman–Crippen MR) is 81.5 cm³/mol. The highest BCUT2D eigenvalue weighted by molar-refractivity contribution is 5.94. The summed E-state index contributed by atoms with van der Waals surface area (Å²) in [5.74, 6) is 0.535. The molecule has 1 unspecified atom stereocenters. The molecule has 4 heteroatoms. The zero-order valence-electron chi connectivity index (χ0n) is 12.0. The lowest BCUT2D eigenvalue weighted by Gasteiger charge is -2.16. The summed E-state index contributed by atoms with van der Waals surface area (Å²) >= 11 is 0. The summed E-state index contributed by atoms with van der Waals surface area (Å²) in [6, 6.07) is 11.7. The standard InChI is InChI=1S/C17H20N2O2/c20-12-8-14-7-11-19(13-14)17(21)15-3-5-16(6-4-15)18-9-1-2-10-18/h1-6,9-10,14,20H,7-8,11-13H2. The Balaban J connectivity index is 1.68. The molecule has 1 atom stereocenters. The van der Waals surface area contributed by atoms with E-state index < -0.39 is 0 Å². The summed E-state index contributed by atoms with van der Waals surface area (Å²) in [6.07, 6.45) is 5.75. The molecule has 110 valence electrons. The van der Waals surface area contributed by atoms with Crippen LogP contribution in [0.2, 0.25) is 0 Å². The minimum absolute atomic E-state index is 0.0921. The number of nitrogens with zero attached hydrogens (tertiary/aromatic N) is 2. The zero-order valence-corrected chi connectivity index (χ0v) is 12.0. The van der Waals surface area contributed by atoms with E-state index in [0.29, 0.717) is 5.92 Å². The Hall–Kier alpha value is -2.07. The average Bonchev–Trinajstić information content (AvgIpc) is 3.19. The largest absolute Gasteiger partial charge is 0.396 e. The van der Waals surface area contributed by atoms with Gasteiger partial charge in [0.2, 0.25) is 0 Å². The third-order valence-electron chi connectivity index (χ3n) is 4.13. The maximum atomic E-state index is 12.5. The summed E-state index contributed by atoms with van der Waals surface area (Å²) in [4.78, 5) is 14.3. The second-order valence-electron chi connectivity index (χ2n) is 5.56. The highest BCUT2D eigenvalue weighted by Crippen LogP contribution is 2.21. The lowest BCUT2D eigenvalue weighted by Crippen LogP contribution is -2.28. The Bertz CT molecular complexity index is 590. The maximum absolute atomic E-state index is 12.5. The van der Waals surface area contributed by atoms with E-state index in [9.17, 15) is 4.79 Å². The van der Waals surface area contributed by atoms with Gasteiger partial charge in [0, 0.05) is 43.3 Å². The molecule has 1 aromatic heterocycles. The minimum Gasteiger partial charge on any atom is -0.396 e. The van der Waals surface area contributed by atoms with Gasteiger partial charge in [0.15, 0.2) is 0 Å². The van der Waals surface area contributed by atoms with Gasteiger partial charge in [-0.05, 0) is 55.2 Å². The second-order valence-corrected chi connectivity index (χ2v) is 5.56. The van der Waals surface area contributed by atoms with E-state index in [4.69, 9.17) is 5.11 Å². The minimum atomic E-state index is 0.0921. The highest BCUT2D eigenvalue weighted by atomic mass is 16.3. The first-order valence-electron chi connectivity index (χ1n) is 7.41. The van der Waals surface area contributed by atoms with E-state index in [1.807, 2.05) is 58.3 Å². The molecule has 1 fully saturated rings. The Labute approximate surface area is 124 Å². The number of aliphatic hydroxyl groups excluding tert-OH is 1. The zero-order chi connectivity index (χ0) is 14.7. The van der Waals surface area contributed by atoms with Crippen molar-refractivity contribution in [1.29, 1.82) is 0 Å². The van der Waals surface area contributed by atoms with Crippen molar-refractivity contribution in [3.8, 4) is 5.69 Å². The van der Waals surface area contributed by atoms with Gasteiger partial charge in [-0.15, -0.1) is 0 Å². The molecule has 21 heavy (non-hydrogen) atoms. The first kappa shape index (κ1) is 13.9. The summed E-state index contributed by atoms with van der Waals surface area (Å²) in [6.45, 7) is 1.76. The smallest absolute Gasteiger partial charge is 0.253 e.